The molecule has 5 rings (SSSR count). The van der Waals surface area contributed by atoms with E-state index in [1.165, 1.54) is 12.1 Å². The zero-order chi connectivity index (χ0) is 22.9. The van der Waals surface area contributed by atoms with Gasteiger partial charge in [0.1, 0.15) is 11.5 Å². The lowest BCUT2D eigenvalue weighted by atomic mass is 9.99. The van der Waals surface area contributed by atoms with Gasteiger partial charge in [0.2, 0.25) is 0 Å². The number of alkyl carbamates (subject to hydrolysis) is 1. The summed E-state index contributed by atoms with van der Waals surface area (Å²) < 4.78 is 34.1. The van der Waals surface area contributed by atoms with Crippen LogP contribution in [-0.2, 0) is 4.74 Å². The molecule has 0 aliphatic carbocycles. The number of carbonyl (C=O) groups is 1. The normalized spacial score (nSPS) is 15.7. The average Bonchev–Trinajstić information content (AvgIpc) is 3.31. The molecule has 3 heterocycles. The van der Waals surface area contributed by atoms with E-state index in [1.807, 2.05) is 24.3 Å². The van der Waals surface area contributed by atoms with Gasteiger partial charge in [-0.1, -0.05) is 30.3 Å². The second-order valence-corrected chi connectivity index (χ2v) is 7.39. The number of carbonyl (C=O) groups excluding carboxylic acids is 1. The predicted octanol–water partition coefficient (Wildman–Crippen LogP) is 3.42. The Bertz CT molecular complexity index is 1340. The van der Waals surface area contributed by atoms with E-state index in [9.17, 15) is 13.6 Å². The second-order valence-electron chi connectivity index (χ2n) is 7.39. The van der Waals surface area contributed by atoms with Crippen LogP contribution in [0.15, 0.2) is 54.7 Å². The summed E-state index contributed by atoms with van der Waals surface area (Å²) in [5, 5.41) is 14.1. The number of aromatic nitrogens is 5. The molecule has 2 aromatic carbocycles. The molecule has 1 saturated heterocycles. The number of cyclic esters (lactones) is 1. The zero-order valence-electron chi connectivity index (χ0n) is 17.1. The second kappa shape index (κ2) is 8.26. The van der Waals surface area contributed by atoms with E-state index in [1.54, 1.807) is 12.3 Å². The number of hydrogen-bond acceptors (Lipinski definition) is 7. The third kappa shape index (κ3) is 3.84. The van der Waals surface area contributed by atoms with Gasteiger partial charge in [-0.3, -0.25) is 0 Å². The molecule has 4 aromatic rings. The van der Waals surface area contributed by atoms with Crippen molar-refractivity contribution in [2.45, 2.75) is 12.5 Å². The van der Waals surface area contributed by atoms with E-state index in [0.29, 0.717) is 18.6 Å². The van der Waals surface area contributed by atoms with Crippen LogP contribution in [0.1, 0.15) is 18.0 Å². The van der Waals surface area contributed by atoms with Crippen molar-refractivity contribution in [2.24, 2.45) is 0 Å². The monoisotopic (exact) mass is 449 g/mol. The van der Waals surface area contributed by atoms with Gasteiger partial charge in [0.25, 0.3) is 0 Å². The van der Waals surface area contributed by atoms with Crippen LogP contribution in [0.3, 0.4) is 0 Å². The molecule has 0 bridgehead atoms. The van der Waals surface area contributed by atoms with Crippen molar-refractivity contribution in [1.29, 1.82) is 0 Å². The highest BCUT2D eigenvalue weighted by molar-refractivity contribution is 5.76. The van der Waals surface area contributed by atoms with Crippen LogP contribution in [0.4, 0.5) is 19.4 Å². The van der Waals surface area contributed by atoms with Crippen molar-refractivity contribution in [3.63, 3.8) is 0 Å². The highest BCUT2D eigenvalue weighted by atomic mass is 19.2. The summed E-state index contributed by atoms with van der Waals surface area (Å²) in [6, 6.07) is 12.9. The standard InChI is InChI=1S/C22H17F2N7O2/c23-16-2-1-3-18(19(16)24)31-21(28-29-30-31)15-10-14(11-26-20(15)25)12-4-6-13(7-5-12)17-8-9-33-22(32)27-17/h1-7,10-11,17H,8-9H2,(H2,25,26)(H,27,32)/t17-/m0/s1. The van der Waals surface area contributed by atoms with Crippen LogP contribution < -0.4 is 11.1 Å². The highest BCUT2D eigenvalue weighted by Gasteiger charge is 2.22. The molecule has 166 valence electrons. The fourth-order valence-electron chi connectivity index (χ4n) is 3.67. The number of benzene rings is 2. The number of pyridine rings is 1. The third-order valence-electron chi connectivity index (χ3n) is 5.37. The van der Waals surface area contributed by atoms with Crippen LogP contribution in [0.25, 0.3) is 28.2 Å². The molecule has 9 nitrogen and oxygen atoms in total. The molecule has 1 aliphatic rings. The molecule has 1 fully saturated rings. The lowest BCUT2D eigenvalue weighted by molar-refractivity contribution is 0.115. The SMILES string of the molecule is Nc1ncc(-c2ccc([C@@H]3CCOC(=O)N3)cc2)cc1-c1nnnn1-c1cccc(F)c1F. The topological polar surface area (TPSA) is 121 Å². The quantitative estimate of drug-likeness (QED) is 0.490. The number of rotatable bonds is 4. The first kappa shape index (κ1) is 20.5. The van der Waals surface area contributed by atoms with Crippen molar-refractivity contribution in [2.75, 3.05) is 12.3 Å². The van der Waals surface area contributed by atoms with E-state index in [-0.39, 0.29) is 23.4 Å². The predicted molar refractivity (Wildman–Crippen MR) is 114 cm³/mol. The average molecular weight is 449 g/mol. The molecular formula is C22H17F2N7O2. The Kier molecular flexibility index (Phi) is 5.13. The van der Waals surface area contributed by atoms with Gasteiger partial charge < -0.3 is 15.8 Å². The lowest BCUT2D eigenvalue weighted by Gasteiger charge is -2.23. The molecule has 1 amide bonds. The van der Waals surface area contributed by atoms with E-state index >= 15 is 0 Å². The molecule has 11 heteroatoms. The number of tetrazole rings is 1. The summed E-state index contributed by atoms with van der Waals surface area (Å²) >= 11 is 0. The fourth-order valence-corrected chi connectivity index (χ4v) is 3.67. The maximum atomic E-state index is 14.3. The summed E-state index contributed by atoms with van der Waals surface area (Å²) in [6.07, 6.45) is 1.84. The number of amides is 1. The molecule has 1 aliphatic heterocycles. The Morgan fingerprint density at radius 3 is 2.73 bits per heavy atom. The van der Waals surface area contributed by atoms with Gasteiger partial charge in [0.15, 0.2) is 17.5 Å². The van der Waals surface area contributed by atoms with E-state index in [4.69, 9.17) is 10.5 Å². The minimum atomic E-state index is -1.08. The summed E-state index contributed by atoms with van der Waals surface area (Å²) in [6.45, 7) is 0.365. The number of nitrogens with two attached hydrogens (primary N) is 1. The van der Waals surface area contributed by atoms with E-state index in [0.717, 1.165) is 27.4 Å². The van der Waals surface area contributed by atoms with Gasteiger partial charge in [-0.15, -0.1) is 5.10 Å². The van der Waals surface area contributed by atoms with E-state index in [2.05, 4.69) is 25.8 Å². The van der Waals surface area contributed by atoms with Crippen LogP contribution >= 0.6 is 0 Å². The number of halogens is 2. The van der Waals surface area contributed by atoms with Crippen LogP contribution in [0, 0.1) is 11.6 Å². The number of nitrogen functional groups attached to an aromatic ring is 1. The largest absolute Gasteiger partial charge is 0.449 e. The molecule has 0 spiro atoms. The van der Waals surface area contributed by atoms with Crippen molar-refractivity contribution in [3.05, 3.63) is 71.9 Å². The van der Waals surface area contributed by atoms with Gasteiger partial charge >= 0.3 is 6.09 Å². The van der Waals surface area contributed by atoms with Gasteiger partial charge in [0.05, 0.1) is 18.2 Å². The number of nitrogens with one attached hydrogen (secondary N) is 1. The van der Waals surface area contributed by atoms with Crippen molar-refractivity contribution in [3.8, 4) is 28.2 Å². The highest BCUT2D eigenvalue weighted by Crippen LogP contribution is 2.31. The molecule has 33 heavy (non-hydrogen) atoms. The summed E-state index contributed by atoms with van der Waals surface area (Å²) in [5.41, 5.74) is 8.78. The molecule has 0 radical (unpaired) electrons. The minimum Gasteiger partial charge on any atom is -0.449 e. The zero-order valence-corrected chi connectivity index (χ0v) is 17.1. The van der Waals surface area contributed by atoms with Crippen molar-refractivity contribution in [1.82, 2.24) is 30.5 Å². The molecular weight excluding hydrogens is 432 g/mol. The summed E-state index contributed by atoms with van der Waals surface area (Å²) in [4.78, 5) is 15.7. The fraction of sp³-hybridized carbons (Fsp3) is 0.136. The molecule has 3 N–H and O–H groups in total. The molecule has 2 aromatic heterocycles. The molecule has 0 unspecified atom stereocenters. The molecule has 1 atom stereocenters. The van der Waals surface area contributed by atoms with Crippen molar-refractivity contribution < 1.29 is 18.3 Å². The number of hydrogen-bond donors (Lipinski definition) is 2. The van der Waals surface area contributed by atoms with Gasteiger partial charge in [-0.2, -0.15) is 4.68 Å². The first-order valence-corrected chi connectivity index (χ1v) is 10.0. The lowest BCUT2D eigenvalue weighted by Crippen LogP contribution is -2.35. The Hall–Kier alpha value is -4.41. The first-order chi connectivity index (χ1) is 16.0. The van der Waals surface area contributed by atoms with Crippen LogP contribution in [-0.4, -0.2) is 37.9 Å². The Morgan fingerprint density at radius 2 is 1.94 bits per heavy atom. The van der Waals surface area contributed by atoms with Gasteiger partial charge in [-0.05, 0) is 39.8 Å². The van der Waals surface area contributed by atoms with Crippen molar-refractivity contribution >= 4 is 11.9 Å². The van der Waals surface area contributed by atoms with Gasteiger partial charge in [-0.25, -0.2) is 18.6 Å². The smallest absolute Gasteiger partial charge is 0.407 e. The van der Waals surface area contributed by atoms with Crippen LogP contribution in [0.2, 0.25) is 0 Å². The minimum absolute atomic E-state index is 0.118. The number of ether oxygens (including phenoxy) is 1. The Balaban J connectivity index is 1.50. The summed E-state index contributed by atoms with van der Waals surface area (Å²) in [5.74, 6) is -1.85. The molecule has 0 saturated carbocycles. The number of anilines is 1. The third-order valence-corrected chi connectivity index (χ3v) is 5.37. The van der Waals surface area contributed by atoms with Gasteiger partial charge in [0, 0.05) is 18.2 Å². The maximum absolute atomic E-state index is 14.3. The van der Waals surface area contributed by atoms with Crippen LogP contribution in [0.5, 0.6) is 0 Å². The first-order valence-electron chi connectivity index (χ1n) is 10.0. The number of nitrogens with zero attached hydrogens (tertiary/aromatic N) is 5. The van der Waals surface area contributed by atoms with E-state index < -0.39 is 17.7 Å². The summed E-state index contributed by atoms with van der Waals surface area (Å²) in [7, 11) is 0. The Morgan fingerprint density at radius 1 is 1.12 bits per heavy atom. The maximum Gasteiger partial charge on any atom is 0.407 e. The Labute approximate surface area is 186 Å².